The molecule has 17 atom stereocenters. The summed E-state index contributed by atoms with van der Waals surface area (Å²) in [6.45, 7) is 40.7. The highest BCUT2D eigenvalue weighted by atomic mass is 16.6. The van der Waals surface area contributed by atoms with Gasteiger partial charge in [0.15, 0.2) is 0 Å². The molecule has 0 bridgehead atoms. The van der Waals surface area contributed by atoms with Crippen LogP contribution in [0.25, 0.3) is 0 Å². The molecule has 18 nitrogen and oxygen atoms in total. The lowest BCUT2D eigenvalue weighted by atomic mass is 9.33. The van der Waals surface area contributed by atoms with Gasteiger partial charge in [-0.05, 0) is 205 Å². The second-order valence-electron chi connectivity index (χ2n) is 34.5. The lowest BCUT2D eigenvalue weighted by molar-refractivity contribution is -0.232. The van der Waals surface area contributed by atoms with Gasteiger partial charge in [-0.25, -0.2) is 38.0 Å². The molecule has 3 heterocycles. The first kappa shape index (κ1) is 68.0. The number of carbonyl (C=O) groups is 6. The Morgan fingerprint density at radius 3 is 1.60 bits per heavy atom. The maximum Gasteiger partial charge on any atom is 0.370 e. The molecule has 8 fully saturated rings. The van der Waals surface area contributed by atoms with Crippen LogP contribution >= 0.6 is 0 Å². The smallest absolute Gasteiger partial charge is 0.370 e. The fraction of sp³-hybridized carbons (Fsp3) is 0.811. The molecule has 1 aromatic rings. The van der Waals surface area contributed by atoms with Gasteiger partial charge >= 0.3 is 47.3 Å². The van der Waals surface area contributed by atoms with Crippen molar-refractivity contribution in [1.82, 2.24) is 18.8 Å². The summed E-state index contributed by atoms with van der Waals surface area (Å²) in [7, 11) is 2.95. The van der Waals surface area contributed by atoms with Gasteiger partial charge in [-0.2, -0.15) is 0 Å². The molecule has 508 valence electrons. The number of ether oxygens (including phenoxy) is 4. The Kier molecular flexibility index (Phi) is 16.5. The molecular formula is C74H110N6O12. The molecule has 18 heteroatoms. The number of imide groups is 1. The summed E-state index contributed by atoms with van der Waals surface area (Å²) in [6, 6.07) is -1.43. The maximum absolute atomic E-state index is 14.3. The summed E-state index contributed by atoms with van der Waals surface area (Å²) >= 11 is 0. The average molecular weight is 1280 g/mol. The Hall–Kier alpha value is -5.42. The Morgan fingerprint density at radius 1 is 0.554 bits per heavy atom. The maximum atomic E-state index is 14.3. The first-order chi connectivity index (χ1) is 42.7. The number of urea groups is 2. The van der Waals surface area contributed by atoms with Gasteiger partial charge in [-0.3, -0.25) is 19.2 Å². The van der Waals surface area contributed by atoms with E-state index >= 15 is 0 Å². The van der Waals surface area contributed by atoms with Crippen LogP contribution in [0.4, 0.5) is 9.59 Å². The minimum absolute atomic E-state index is 0.00772. The van der Waals surface area contributed by atoms with Crippen molar-refractivity contribution in [2.75, 3.05) is 20.3 Å². The van der Waals surface area contributed by atoms with Gasteiger partial charge in [0.05, 0.1) is 11.6 Å². The van der Waals surface area contributed by atoms with Crippen LogP contribution in [0.5, 0.6) is 0 Å². The van der Waals surface area contributed by atoms with E-state index in [0.29, 0.717) is 48.7 Å². The monoisotopic (exact) mass is 1270 g/mol. The van der Waals surface area contributed by atoms with Gasteiger partial charge in [0, 0.05) is 63.5 Å². The number of amides is 4. The highest BCUT2D eigenvalue weighted by Crippen LogP contribution is 2.80. The van der Waals surface area contributed by atoms with E-state index in [2.05, 4.69) is 119 Å². The van der Waals surface area contributed by atoms with Crippen molar-refractivity contribution in [3.63, 3.8) is 0 Å². The quantitative estimate of drug-likeness (QED) is 0.135. The number of aromatic nitrogens is 3. The molecule has 4 amide bonds. The third kappa shape index (κ3) is 9.34. The second-order valence-corrected chi connectivity index (χ2v) is 34.5. The van der Waals surface area contributed by atoms with Gasteiger partial charge < -0.3 is 18.9 Å². The number of hydrogen-bond acceptors (Lipinski definition) is 12. The van der Waals surface area contributed by atoms with E-state index in [1.807, 2.05) is 9.36 Å². The summed E-state index contributed by atoms with van der Waals surface area (Å²) in [5.74, 6) is 2.18. The molecule has 0 aromatic carbocycles. The molecular weight excluding hydrogens is 1160 g/mol. The molecule has 2 aliphatic heterocycles. The normalized spacial score (nSPS) is 41.9. The van der Waals surface area contributed by atoms with E-state index in [-0.39, 0.29) is 114 Å². The second kappa shape index (κ2) is 22.3. The third-order valence-corrected chi connectivity index (χ3v) is 29.5. The predicted octanol–water partition coefficient (Wildman–Crippen LogP) is 14.6. The number of esters is 4. The number of hydrogen-bond donors (Lipinski definition) is 0. The molecule has 92 heavy (non-hydrogen) atoms. The lowest BCUT2D eigenvalue weighted by Gasteiger charge is -2.72. The van der Waals surface area contributed by atoms with Gasteiger partial charge in [-0.15, -0.1) is 0 Å². The molecule has 0 saturated heterocycles. The number of nitrogens with zero attached hydrogens (tertiary/aromatic N) is 6. The number of azo groups is 1. The number of fused-ring (bicyclic) bond motifs is 14. The molecule has 10 aliphatic carbocycles. The lowest BCUT2D eigenvalue weighted by Crippen LogP contribution is -2.67. The van der Waals surface area contributed by atoms with Crippen molar-refractivity contribution in [2.45, 2.75) is 258 Å². The summed E-state index contributed by atoms with van der Waals surface area (Å²) in [5, 5.41) is 5.92. The van der Waals surface area contributed by atoms with Crippen molar-refractivity contribution in [3.05, 3.63) is 55.4 Å². The highest BCUT2D eigenvalue weighted by Gasteiger charge is 2.75. The summed E-state index contributed by atoms with van der Waals surface area (Å²) in [6.07, 6.45) is 22.2. The number of carbonyl (C=O) groups excluding carboxylic acids is 6. The zero-order chi connectivity index (χ0) is 67.6. The molecule has 1 aromatic heterocycles. The van der Waals surface area contributed by atoms with E-state index in [1.165, 1.54) is 81.2 Å². The van der Waals surface area contributed by atoms with Gasteiger partial charge in [-0.1, -0.05) is 119 Å². The zero-order valence-electron chi connectivity index (χ0n) is 59.4. The third-order valence-electron chi connectivity index (χ3n) is 29.5. The van der Waals surface area contributed by atoms with Crippen molar-refractivity contribution in [3.8, 4) is 0 Å². The fourth-order valence-electron chi connectivity index (χ4n) is 24.7. The van der Waals surface area contributed by atoms with Crippen LogP contribution in [0.15, 0.2) is 54.3 Å². The number of rotatable bonds is 8. The van der Waals surface area contributed by atoms with Crippen LogP contribution in [0.3, 0.4) is 0 Å². The summed E-state index contributed by atoms with van der Waals surface area (Å²) in [5.41, 5.74) is 4.53. The predicted molar refractivity (Wildman–Crippen MR) is 349 cm³/mol. The Morgan fingerprint density at radius 2 is 1.09 bits per heavy atom. The van der Waals surface area contributed by atoms with Crippen LogP contribution < -0.4 is 11.4 Å². The Balaban J connectivity index is 0.000000170. The average Bonchev–Trinajstić information content (AvgIpc) is 1.30. The van der Waals surface area contributed by atoms with Gasteiger partial charge in [0.2, 0.25) is 0 Å². The molecule has 8 saturated carbocycles. The summed E-state index contributed by atoms with van der Waals surface area (Å²) < 4.78 is 28.6. The molecule has 0 radical (unpaired) electrons. The highest BCUT2D eigenvalue weighted by molar-refractivity contribution is 5.98. The van der Waals surface area contributed by atoms with Crippen LogP contribution in [-0.4, -0.2) is 87.2 Å². The molecule has 12 aliphatic rings. The van der Waals surface area contributed by atoms with E-state index in [0.717, 1.165) is 81.9 Å². The van der Waals surface area contributed by atoms with Crippen LogP contribution in [0, 0.1) is 95.6 Å². The van der Waals surface area contributed by atoms with Gasteiger partial charge in [0.25, 0.3) is 0 Å². The summed E-state index contributed by atoms with van der Waals surface area (Å²) in [4.78, 5) is 98.0. The van der Waals surface area contributed by atoms with Crippen LogP contribution in [0.1, 0.15) is 240 Å². The van der Waals surface area contributed by atoms with Crippen molar-refractivity contribution in [1.29, 1.82) is 0 Å². The SMILES string of the molecule is CC(=O)OC[C@]12C=CC(C(C)C)=C1C1CCC3[C@@]4(C)CC[C@H](OC(C)=O)C(C)(C)C4CC[C@@]3(C)[C@]1(C)CC2.CC(=O)OC[C@]12CCC3(C(C)C)C1=C1C(CC4[C@@]5(C)CC[C@H](OC(C)=O)C(C)(C)C5CC[C@@]4(C)[C@]1(C)CC2)n1c(=O)n(C)c(=O)n13.CN1C(=O)N=NC1=O. The first-order valence-corrected chi connectivity index (χ1v) is 35.1. The minimum Gasteiger partial charge on any atom is -0.465 e. The van der Waals surface area contributed by atoms with E-state index in [4.69, 9.17) is 18.9 Å². The van der Waals surface area contributed by atoms with Crippen molar-refractivity contribution < 1.29 is 47.7 Å². The zero-order valence-corrected chi connectivity index (χ0v) is 59.4. The van der Waals surface area contributed by atoms with Gasteiger partial charge in [0.1, 0.15) is 25.4 Å². The Bertz CT molecular complexity index is 3510. The topological polar surface area (TPSA) is 216 Å². The van der Waals surface area contributed by atoms with Crippen molar-refractivity contribution in [2.24, 2.45) is 113 Å². The molecule has 0 spiro atoms. The van der Waals surface area contributed by atoms with Crippen LogP contribution in [0.2, 0.25) is 0 Å². The molecule has 13 rings (SSSR count). The molecule has 7 unspecified atom stereocenters. The standard InChI is InChI=1S/C37H55N3O6.C34H52O4.C3H3N3O2/c1-21(2)37-18-17-36(20-45-22(3)41)16-15-35(9)28(29(36)37)24(39-30(43)38(10)31(44)40(37)39)19-26-33(7)13-12-27(46-23(4)42)32(5,6)25(33)11-14-34(26,35)8;1-21(2)24-12-17-34(20-37-22(3)35)19-18-32(8)25(29(24)34)10-11-27-31(7)15-14-28(38-23(4)36)30(5,6)26(31)13-16-33(27,32)9;1-6-2(7)4-5-3(6)8/h21,24-27H,11-20H2,1-10H3;12,17,21,25-28H,10-11,13-16,18-20H2,1-9H3;1H3/t24?,25?,26?,27-,33-,34+,35+,36-,37?;25?,26?,27?,28-,31-,32+,33+,34+;/m00./s1. The number of allylic oxidation sites excluding steroid dienone is 3. The minimum atomic E-state index is -0.639. The van der Waals surface area contributed by atoms with E-state index < -0.39 is 17.6 Å². The molecule has 0 N–H and O–H groups in total. The fourth-order valence-corrected chi connectivity index (χ4v) is 24.7. The van der Waals surface area contributed by atoms with E-state index in [1.54, 1.807) is 19.5 Å². The van der Waals surface area contributed by atoms with Crippen molar-refractivity contribution >= 4 is 35.9 Å². The Labute approximate surface area is 546 Å². The van der Waals surface area contributed by atoms with E-state index in [9.17, 15) is 38.4 Å². The first-order valence-electron chi connectivity index (χ1n) is 35.1. The van der Waals surface area contributed by atoms with Crippen LogP contribution in [-0.2, 0) is 50.7 Å². The largest absolute Gasteiger partial charge is 0.465 e.